The molecular formula is C13H18N2O. The molecule has 86 valence electrons. The van der Waals surface area contributed by atoms with Crippen LogP contribution in [0.2, 0.25) is 0 Å². The zero-order valence-corrected chi connectivity index (χ0v) is 10.3. The second-order valence-electron chi connectivity index (χ2n) is 4.65. The molecule has 0 radical (unpaired) electrons. The second kappa shape index (κ2) is 3.81. The molecule has 0 atom stereocenters. The molecule has 0 spiro atoms. The zero-order chi connectivity index (χ0) is 11.9. The van der Waals surface area contributed by atoms with Gasteiger partial charge in [0.2, 0.25) is 5.91 Å². The van der Waals surface area contributed by atoms with Crippen LogP contribution >= 0.6 is 0 Å². The second-order valence-corrected chi connectivity index (χ2v) is 4.65. The number of anilines is 2. The van der Waals surface area contributed by atoms with Gasteiger partial charge < -0.3 is 9.80 Å². The van der Waals surface area contributed by atoms with Crippen molar-refractivity contribution in [2.45, 2.75) is 26.3 Å². The molecule has 3 heteroatoms. The molecule has 1 amide bonds. The van der Waals surface area contributed by atoms with Gasteiger partial charge in [-0.3, -0.25) is 4.79 Å². The van der Waals surface area contributed by atoms with Crippen molar-refractivity contribution >= 4 is 17.3 Å². The van der Waals surface area contributed by atoms with Gasteiger partial charge in [-0.25, -0.2) is 0 Å². The fourth-order valence-electron chi connectivity index (χ4n) is 1.97. The predicted molar refractivity (Wildman–Crippen MR) is 67.1 cm³/mol. The minimum Gasteiger partial charge on any atom is -0.372 e. The molecule has 3 nitrogen and oxygen atoms in total. The lowest BCUT2D eigenvalue weighted by molar-refractivity contribution is -0.117. The van der Waals surface area contributed by atoms with Crippen molar-refractivity contribution < 1.29 is 4.79 Å². The summed E-state index contributed by atoms with van der Waals surface area (Å²) >= 11 is 0. The molecule has 0 saturated carbocycles. The lowest BCUT2D eigenvalue weighted by atomic mass is 10.1. The maximum atomic E-state index is 11.6. The Hall–Kier alpha value is -1.51. The topological polar surface area (TPSA) is 23.6 Å². The summed E-state index contributed by atoms with van der Waals surface area (Å²) in [5.41, 5.74) is 3.36. The third kappa shape index (κ3) is 1.66. The molecule has 0 aliphatic carbocycles. The van der Waals surface area contributed by atoms with E-state index >= 15 is 0 Å². The van der Waals surface area contributed by atoms with Crippen molar-refractivity contribution in [1.29, 1.82) is 0 Å². The van der Waals surface area contributed by atoms with E-state index in [2.05, 4.69) is 37.9 Å². The molecule has 1 heterocycles. The number of benzene rings is 1. The highest BCUT2D eigenvalue weighted by Crippen LogP contribution is 2.31. The Kier molecular flexibility index (Phi) is 2.62. The molecule has 0 saturated heterocycles. The van der Waals surface area contributed by atoms with Gasteiger partial charge in [-0.1, -0.05) is 0 Å². The first-order valence-corrected chi connectivity index (χ1v) is 5.63. The van der Waals surface area contributed by atoms with Crippen LogP contribution in [-0.4, -0.2) is 26.0 Å². The fraction of sp³-hybridized carbons (Fsp3) is 0.462. The molecule has 1 aliphatic heterocycles. The number of hydrogen-bond donors (Lipinski definition) is 0. The standard InChI is InChI=1S/C13H18N2O/c1-9(2)14(3)11-5-6-12-10(7-11)8-13(16)15(12)4/h5-7,9H,8H2,1-4H3. The summed E-state index contributed by atoms with van der Waals surface area (Å²) in [7, 11) is 3.91. The van der Waals surface area contributed by atoms with E-state index < -0.39 is 0 Å². The van der Waals surface area contributed by atoms with Crippen LogP contribution in [0.3, 0.4) is 0 Å². The highest BCUT2D eigenvalue weighted by molar-refractivity contribution is 6.01. The third-order valence-corrected chi connectivity index (χ3v) is 3.32. The Morgan fingerprint density at radius 3 is 2.69 bits per heavy atom. The van der Waals surface area contributed by atoms with E-state index in [1.165, 1.54) is 5.69 Å². The summed E-state index contributed by atoms with van der Waals surface area (Å²) in [6.07, 6.45) is 0.533. The van der Waals surface area contributed by atoms with Gasteiger partial charge in [-0.05, 0) is 37.6 Å². The maximum Gasteiger partial charge on any atom is 0.231 e. The largest absolute Gasteiger partial charge is 0.372 e. The molecule has 0 aromatic heterocycles. The van der Waals surface area contributed by atoms with E-state index in [1.54, 1.807) is 4.90 Å². The molecule has 1 aromatic carbocycles. The minimum atomic E-state index is 0.180. The van der Waals surface area contributed by atoms with Crippen LogP contribution in [0.15, 0.2) is 18.2 Å². The number of likely N-dealkylation sites (N-methyl/N-ethyl adjacent to an activating group) is 1. The Morgan fingerprint density at radius 1 is 1.38 bits per heavy atom. The van der Waals surface area contributed by atoms with Crippen LogP contribution in [0.1, 0.15) is 19.4 Å². The number of fused-ring (bicyclic) bond motifs is 1. The van der Waals surface area contributed by atoms with E-state index in [4.69, 9.17) is 0 Å². The quantitative estimate of drug-likeness (QED) is 0.758. The number of carbonyl (C=O) groups excluding carboxylic acids is 1. The summed E-state index contributed by atoms with van der Waals surface area (Å²) < 4.78 is 0. The molecule has 16 heavy (non-hydrogen) atoms. The Morgan fingerprint density at radius 2 is 2.06 bits per heavy atom. The maximum absolute atomic E-state index is 11.6. The average Bonchev–Trinajstić information content (AvgIpc) is 2.53. The number of nitrogens with zero attached hydrogens (tertiary/aromatic N) is 2. The van der Waals surface area contributed by atoms with Gasteiger partial charge in [-0.2, -0.15) is 0 Å². The van der Waals surface area contributed by atoms with Gasteiger partial charge in [0.1, 0.15) is 0 Å². The van der Waals surface area contributed by atoms with Crippen molar-refractivity contribution in [3.63, 3.8) is 0 Å². The molecule has 1 aromatic rings. The first kappa shape index (κ1) is 11.0. The van der Waals surface area contributed by atoms with E-state index in [1.807, 2.05) is 13.1 Å². The molecule has 0 bridgehead atoms. The van der Waals surface area contributed by atoms with E-state index in [-0.39, 0.29) is 5.91 Å². The van der Waals surface area contributed by atoms with Crippen LogP contribution < -0.4 is 9.80 Å². The van der Waals surface area contributed by atoms with Gasteiger partial charge >= 0.3 is 0 Å². The van der Waals surface area contributed by atoms with Gasteiger partial charge in [0.25, 0.3) is 0 Å². The summed E-state index contributed by atoms with van der Waals surface area (Å²) in [5.74, 6) is 0.180. The van der Waals surface area contributed by atoms with E-state index in [0.717, 1.165) is 11.3 Å². The van der Waals surface area contributed by atoms with Crippen molar-refractivity contribution in [2.75, 3.05) is 23.9 Å². The van der Waals surface area contributed by atoms with Crippen molar-refractivity contribution in [2.24, 2.45) is 0 Å². The SMILES string of the molecule is CC(C)N(C)c1ccc2c(c1)CC(=O)N2C. The van der Waals surface area contributed by atoms with Crippen molar-refractivity contribution in [3.05, 3.63) is 23.8 Å². The Balaban J connectivity index is 2.35. The van der Waals surface area contributed by atoms with Gasteiger partial charge in [0, 0.05) is 31.5 Å². The highest BCUT2D eigenvalue weighted by Gasteiger charge is 2.24. The predicted octanol–water partition coefficient (Wildman–Crippen LogP) is 2.05. The summed E-state index contributed by atoms with van der Waals surface area (Å²) in [6.45, 7) is 4.31. The number of hydrogen-bond acceptors (Lipinski definition) is 2. The number of carbonyl (C=O) groups is 1. The van der Waals surface area contributed by atoms with Gasteiger partial charge in [0.15, 0.2) is 0 Å². The summed E-state index contributed by atoms with van der Waals surface area (Å²) in [5, 5.41) is 0. The third-order valence-electron chi connectivity index (χ3n) is 3.32. The van der Waals surface area contributed by atoms with Crippen LogP contribution in [0, 0.1) is 0 Å². The lowest BCUT2D eigenvalue weighted by Gasteiger charge is -2.24. The molecule has 0 N–H and O–H groups in total. The molecule has 0 fully saturated rings. The van der Waals surface area contributed by atoms with Gasteiger partial charge in [-0.15, -0.1) is 0 Å². The van der Waals surface area contributed by atoms with Crippen molar-refractivity contribution in [1.82, 2.24) is 0 Å². The van der Waals surface area contributed by atoms with Crippen molar-refractivity contribution in [3.8, 4) is 0 Å². The Labute approximate surface area is 96.7 Å². The van der Waals surface area contributed by atoms with Crippen LogP contribution in [0.25, 0.3) is 0 Å². The number of amides is 1. The monoisotopic (exact) mass is 218 g/mol. The normalized spacial score (nSPS) is 14.6. The van der Waals surface area contributed by atoms with Crippen LogP contribution in [-0.2, 0) is 11.2 Å². The summed E-state index contributed by atoms with van der Waals surface area (Å²) in [6, 6.07) is 6.70. The van der Waals surface area contributed by atoms with Gasteiger partial charge in [0.05, 0.1) is 6.42 Å². The highest BCUT2D eigenvalue weighted by atomic mass is 16.2. The fourth-order valence-corrected chi connectivity index (χ4v) is 1.97. The molecule has 2 rings (SSSR count). The first-order chi connectivity index (χ1) is 7.50. The minimum absolute atomic E-state index is 0.180. The average molecular weight is 218 g/mol. The lowest BCUT2D eigenvalue weighted by Crippen LogP contribution is -2.25. The molecule has 0 unspecified atom stereocenters. The molecular weight excluding hydrogens is 200 g/mol. The molecule has 1 aliphatic rings. The first-order valence-electron chi connectivity index (χ1n) is 5.63. The smallest absolute Gasteiger partial charge is 0.231 e. The summed E-state index contributed by atoms with van der Waals surface area (Å²) in [4.78, 5) is 15.5. The van der Waals surface area contributed by atoms with Crippen LogP contribution in [0.4, 0.5) is 11.4 Å². The zero-order valence-electron chi connectivity index (χ0n) is 10.3. The Bertz CT molecular complexity index is 426. The van der Waals surface area contributed by atoms with E-state index in [0.29, 0.717) is 12.5 Å². The number of rotatable bonds is 2. The van der Waals surface area contributed by atoms with Crippen LogP contribution in [0.5, 0.6) is 0 Å². The van der Waals surface area contributed by atoms with E-state index in [9.17, 15) is 4.79 Å².